The molecule has 0 fully saturated rings. The highest BCUT2D eigenvalue weighted by Crippen LogP contribution is 2.20. The quantitative estimate of drug-likeness (QED) is 0.762. The zero-order valence-electron chi connectivity index (χ0n) is 10.4. The van der Waals surface area contributed by atoms with Gasteiger partial charge in [0.15, 0.2) is 0 Å². The van der Waals surface area contributed by atoms with Gasteiger partial charge in [-0.3, -0.25) is 0 Å². The molecule has 2 aromatic heterocycles. The number of rotatable bonds is 2. The van der Waals surface area contributed by atoms with Crippen molar-refractivity contribution < 1.29 is 9.90 Å². The summed E-state index contributed by atoms with van der Waals surface area (Å²) < 4.78 is 1.95. The maximum absolute atomic E-state index is 10.8. The first-order valence-corrected chi connectivity index (χ1v) is 5.92. The van der Waals surface area contributed by atoms with Crippen LogP contribution in [0.2, 0.25) is 0 Å². The number of carboxylic acids is 1. The Morgan fingerprint density at radius 2 is 1.95 bits per heavy atom. The molecule has 0 aliphatic rings. The average Bonchev–Trinajstić information content (AvgIpc) is 2.81. The largest absolute Gasteiger partial charge is 0.478 e. The number of nitrogens with zero attached hydrogens (tertiary/aromatic N) is 2. The Labute approximate surface area is 110 Å². The Bertz CT molecular complexity index is 757. The van der Waals surface area contributed by atoms with Gasteiger partial charge in [-0.15, -0.1) is 0 Å². The Morgan fingerprint density at radius 3 is 2.63 bits per heavy atom. The first kappa shape index (κ1) is 11.5. The third-order valence-corrected chi connectivity index (χ3v) is 3.04. The summed E-state index contributed by atoms with van der Waals surface area (Å²) in [4.78, 5) is 15.3. The lowest BCUT2D eigenvalue weighted by atomic mass is 10.1. The molecule has 0 amide bonds. The van der Waals surface area contributed by atoms with Gasteiger partial charge in [-0.1, -0.05) is 12.1 Å². The lowest BCUT2D eigenvalue weighted by Gasteiger charge is -1.97. The number of hydrogen-bond acceptors (Lipinski definition) is 2. The van der Waals surface area contributed by atoms with Crippen molar-refractivity contribution in [1.82, 2.24) is 9.38 Å². The molecule has 2 heterocycles. The lowest BCUT2D eigenvalue weighted by molar-refractivity contribution is 0.0697. The number of carbonyl (C=O) groups is 1. The molecule has 0 saturated heterocycles. The van der Waals surface area contributed by atoms with E-state index in [1.807, 2.05) is 35.9 Å². The first-order chi connectivity index (χ1) is 9.13. The third-order valence-electron chi connectivity index (χ3n) is 3.04. The monoisotopic (exact) mass is 252 g/mol. The van der Waals surface area contributed by atoms with Crippen LogP contribution < -0.4 is 0 Å². The molecule has 3 rings (SSSR count). The maximum atomic E-state index is 10.8. The molecule has 3 aromatic rings. The smallest absolute Gasteiger partial charge is 0.335 e. The van der Waals surface area contributed by atoms with E-state index in [2.05, 4.69) is 4.98 Å². The van der Waals surface area contributed by atoms with Crippen LogP contribution in [0.4, 0.5) is 0 Å². The summed E-state index contributed by atoms with van der Waals surface area (Å²) in [5, 5.41) is 8.87. The standard InChI is InChI=1S/C15H12N2O2/c1-10-6-7-17-9-13(16-14(17)8-10)11-2-4-12(5-3-11)15(18)19/h2-9H,1H3,(H,18,19). The van der Waals surface area contributed by atoms with Crippen LogP contribution in [-0.2, 0) is 0 Å². The van der Waals surface area contributed by atoms with Gasteiger partial charge >= 0.3 is 5.97 Å². The minimum Gasteiger partial charge on any atom is -0.478 e. The molecule has 0 atom stereocenters. The summed E-state index contributed by atoms with van der Waals surface area (Å²) in [5.41, 5.74) is 4.07. The normalized spacial score (nSPS) is 10.8. The van der Waals surface area contributed by atoms with Crippen LogP contribution in [-0.4, -0.2) is 20.5 Å². The third kappa shape index (κ3) is 2.08. The average molecular weight is 252 g/mol. The molecular weight excluding hydrogens is 240 g/mol. The van der Waals surface area contributed by atoms with Crippen LogP contribution in [0.15, 0.2) is 48.8 Å². The summed E-state index contributed by atoms with van der Waals surface area (Å²) >= 11 is 0. The molecular formula is C15H12N2O2. The number of fused-ring (bicyclic) bond motifs is 1. The van der Waals surface area contributed by atoms with Gasteiger partial charge in [-0.2, -0.15) is 0 Å². The van der Waals surface area contributed by atoms with Crippen LogP contribution in [0.5, 0.6) is 0 Å². The Morgan fingerprint density at radius 1 is 1.21 bits per heavy atom. The van der Waals surface area contributed by atoms with E-state index in [4.69, 9.17) is 5.11 Å². The number of hydrogen-bond donors (Lipinski definition) is 1. The molecule has 0 aliphatic heterocycles. The molecule has 1 N–H and O–H groups in total. The van der Waals surface area contributed by atoms with E-state index < -0.39 is 5.97 Å². The highest BCUT2D eigenvalue weighted by atomic mass is 16.4. The van der Waals surface area contributed by atoms with E-state index in [-0.39, 0.29) is 5.56 Å². The van der Waals surface area contributed by atoms with Crippen molar-refractivity contribution in [3.63, 3.8) is 0 Å². The second-order valence-electron chi connectivity index (χ2n) is 4.48. The molecule has 0 bridgehead atoms. The minimum atomic E-state index is -0.919. The minimum absolute atomic E-state index is 0.281. The second kappa shape index (κ2) is 4.24. The molecule has 1 aromatic carbocycles. The van der Waals surface area contributed by atoms with Gasteiger partial charge in [0.05, 0.1) is 11.3 Å². The predicted octanol–water partition coefficient (Wildman–Crippen LogP) is 3.01. The van der Waals surface area contributed by atoms with Gasteiger partial charge < -0.3 is 9.51 Å². The van der Waals surface area contributed by atoms with Crippen LogP contribution in [0.3, 0.4) is 0 Å². The molecule has 0 aliphatic carbocycles. The summed E-state index contributed by atoms with van der Waals surface area (Å²) in [6, 6.07) is 10.8. The van der Waals surface area contributed by atoms with Gasteiger partial charge in [0.2, 0.25) is 0 Å². The highest BCUT2D eigenvalue weighted by molar-refractivity contribution is 5.88. The van der Waals surface area contributed by atoms with Crippen molar-refractivity contribution in [3.05, 3.63) is 59.9 Å². The molecule has 19 heavy (non-hydrogen) atoms. The zero-order valence-corrected chi connectivity index (χ0v) is 10.4. The number of pyridine rings is 1. The molecule has 0 radical (unpaired) electrons. The fraction of sp³-hybridized carbons (Fsp3) is 0.0667. The van der Waals surface area contributed by atoms with Gasteiger partial charge in [-0.05, 0) is 36.8 Å². The highest BCUT2D eigenvalue weighted by Gasteiger charge is 2.06. The molecule has 4 heteroatoms. The van der Waals surface area contributed by atoms with Crippen molar-refractivity contribution in [3.8, 4) is 11.3 Å². The van der Waals surface area contributed by atoms with Crippen LogP contribution in [0.25, 0.3) is 16.9 Å². The lowest BCUT2D eigenvalue weighted by Crippen LogP contribution is -1.94. The van der Waals surface area contributed by atoms with E-state index in [0.29, 0.717) is 0 Å². The molecule has 0 unspecified atom stereocenters. The summed E-state index contributed by atoms with van der Waals surface area (Å²) in [6.07, 6.45) is 3.90. The fourth-order valence-corrected chi connectivity index (χ4v) is 2.01. The summed E-state index contributed by atoms with van der Waals surface area (Å²) in [7, 11) is 0. The van der Waals surface area contributed by atoms with Gasteiger partial charge in [-0.25, -0.2) is 9.78 Å². The number of aromatic nitrogens is 2. The van der Waals surface area contributed by atoms with E-state index >= 15 is 0 Å². The number of carboxylic acid groups (broad SMARTS) is 1. The van der Waals surface area contributed by atoms with Crippen molar-refractivity contribution in [1.29, 1.82) is 0 Å². The zero-order chi connectivity index (χ0) is 13.4. The predicted molar refractivity (Wildman–Crippen MR) is 72.3 cm³/mol. The van der Waals surface area contributed by atoms with Crippen LogP contribution in [0, 0.1) is 6.92 Å². The van der Waals surface area contributed by atoms with Crippen molar-refractivity contribution in [2.75, 3.05) is 0 Å². The molecule has 4 nitrogen and oxygen atoms in total. The number of aryl methyl sites for hydroxylation is 1. The van der Waals surface area contributed by atoms with Gasteiger partial charge in [0, 0.05) is 18.0 Å². The Kier molecular flexibility index (Phi) is 2.56. The summed E-state index contributed by atoms with van der Waals surface area (Å²) in [6.45, 7) is 2.02. The van der Waals surface area contributed by atoms with Crippen LogP contribution >= 0.6 is 0 Å². The number of imidazole rings is 1. The molecule has 94 valence electrons. The Balaban J connectivity index is 2.06. The number of aromatic carboxylic acids is 1. The van der Waals surface area contributed by atoms with Crippen LogP contribution in [0.1, 0.15) is 15.9 Å². The SMILES string of the molecule is Cc1ccn2cc(-c3ccc(C(=O)O)cc3)nc2c1. The molecule has 0 spiro atoms. The second-order valence-corrected chi connectivity index (χ2v) is 4.48. The first-order valence-electron chi connectivity index (χ1n) is 5.92. The maximum Gasteiger partial charge on any atom is 0.335 e. The summed E-state index contributed by atoms with van der Waals surface area (Å²) in [5.74, 6) is -0.919. The topological polar surface area (TPSA) is 54.6 Å². The Hall–Kier alpha value is -2.62. The van der Waals surface area contributed by atoms with E-state index in [1.54, 1.807) is 24.3 Å². The van der Waals surface area contributed by atoms with Crippen molar-refractivity contribution in [2.45, 2.75) is 6.92 Å². The molecule has 0 saturated carbocycles. The van der Waals surface area contributed by atoms with Crippen molar-refractivity contribution in [2.24, 2.45) is 0 Å². The number of benzene rings is 1. The van der Waals surface area contributed by atoms with E-state index in [1.165, 1.54) is 0 Å². The van der Waals surface area contributed by atoms with E-state index in [9.17, 15) is 4.79 Å². The van der Waals surface area contributed by atoms with Crippen molar-refractivity contribution >= 4 is 11.6 Å². The van der Waals surface area contributed by atoms with Gasteiger partial charge in [0.25, 0.3) is 0 Å². The fourth-order valence-electron chi connectivity index (χ4n) is 2.01. The van der Waals surface area contributed by atoms with E-state index in [0.717, 1.165) is 22.5 Å². The van der Waals surface area contributed by atoms with Gasteiger partial charge in [0.1, 0.15) is 5.65 Å².